The van der Waals surface area contributed by atoms with E-state index in [0.29, 0.717) is 73.4 Å². The number of halogens is 1. The number of pyridine rings is 1. The summed E-state index contributed by atoms with van der Waals surface area (Å²) in [6.45, 7) is 8.32. The summed E-state index contributed by atoms with van der Waals surface area (Å²) in [6, 6.07) is 4.90. The Hall–Kier alpha value is -2.78. The van der Waals surface area contributed by atoms with E-state index in [1.165, 1.54) is 13.2 Å². The number of methoxy groups -OCH3 is 1. The molecule has 9 heteroatoms. The number of nitrogens with zero attached hydrogens (tertiary/aromatic N) is 4. The molecular weight excluding hydrogens is 403 g/mol. The van der Waals surface area contributed by atoms with E-state index in [-0.39, 0.29) is 5.52 Å². The molecule has 2 saturated heterocycles. The van der Waals surface area contributed by atoms with Gasteiger partial charge in [-0.05, 0) is 19.1 Å². The van der Waals surface area contributed by atoms with Crippen molar-refractivity contribution in [2.75, 3.05) is 38.3 Å². The minimum atomic E-state index is -0.507. The summed E-state index contributed by atoms with van der Waals surface area (Å²) in [6.07, 6.45) is 1.42. The maximum Gasteiger partial charge on any atom is 0.261 e. The molecule has 0 atom stereocenters. The molecule has 2 aliphatic rings. The third-order valence-corrected chi connectivity index (χ3v) is 5.46. The van der Waals surface area contributed by atoms with Gasteiger partial charge in [0.15, 0.2) is 17.4 Å². The van der Waals surface area contributed by atoms with Crippen LogP contribution in [0.3, 0.4) is 0 Å². The summed E-state index contributed by atoms with van der Waals surface area (Å²) in [5.74, 6) is 0.959. The molecule has 2 aromatic heterocycles. The summed E-state index contributed by atoms with van der Waals surface area (Å²) < 4.78 is 36.9. The predicted molar refractivity (Wildman–Crippen MR) is 114 cm³/mol. The second-order valence-electron chi connectivity index (χ2n) is 7.28. The third kappa shape index (κ3) is 4.07. The van der Waals surface area contributed by atoms with Crippen molar-refractivity contribution < 1.29 is 23.1 Å². The molecule has 0 aliphatic carbocycles. The Balaban J connectivity index is 0.00000112. The highest BCUT2D eigenvalue weighted by atomic mass is 19.1. The molecule has 5 rings (SSSR count). The number of ether oxygens (including phenoxy) is 3. The fourth-order valence-corrected chi connectivity index (χ4v) is 3.98. The van der Waals surface area contributed by atoms with Gasteiger partial charge >= 0.3 is 0 Å². The Labute approximate surface area is 180 Å². The normalized spacial score (nSPS) is 17.6. The summed E-state index contributed by atoms with van der Waals surface area (Å²) in [7, 11) is 1.50. The number of aromatic nitrogens is 3. The van der Waals surface area contributed by atoms with Crippen molar-refractivity contribution in [1.29, 1.82) is 0 Å². The Morgan fingerprint density at radius 3 is 2.39 bits per heavy atom. The standard InChI is InChI=1S/C20H21FN4O4.C2H6/c1-12-22-19(29-24-12)15-10-13-9-14(26-2)11-16(21)17(13)23-18(15)25-5-3-20(4-6-25)27-7-8-28-20;1-2/h9-11H,3-8H2,1-2H3;1-2H3. The van der Waals surface area contributed by atoms with Crippen LogP contribution in [0.5, 0.6) is 5.75 Å². The molecule has 1 spiro atoms. The molecule has 2 aliphatic heterocycles. The van der Waals surface area contributed by atoms with Crippen molar-refractivity contribution in [3.63, 3.8) is 0 Å². The molecule has 0 bridgehead atoms. The summed E-state index contributed by atoms with van der Waals surface area (Å²) in [5.41, 5.74) is 0.935. The monoisotopic (exact) mass is 430 g/mol. The third-order valence-electron chi connectivity index (χ3n) is 5.46. The molecule has 8 nitrogen and oxygen atoms in total. The van der Waals surface area contributed by atoms with Crippen molar-refractivity contribution in [3.8, 4) is 17.2 Å². The van der Waals surface area contributed by atoms with Crippen molar-refractivity contribution in [3.05, 3.63) is 29.8 Å². The van der Waals surface area contributed by atoms with Gasteiger partial charge < -0.3 is 23.6 Å². The van der Waals surface area contributed by atoms with Crippen molar-refractivity contribution in [2.24, 2.45) is 0 Å². The van der Waals surface area contributed by atoms with E-state index in [1.807, 2.05) is 19.9 Å². The number of aryl methyl sites for hydroxylation is 1. The van der Waals surface area contributed by atoms with E-state index < -0.39 is 11.6 Å². The SMILES string of the molecule is CC.COc1cc(F)c2nc(N3CCC4(CC3)OCCO4)c(-c3nc(C)no3)cc2c1. The lowest BCUT2D eigenvalue weighted by Gasteiger charge is -2.38. The van der Waals surface area contributed by atoms with E-state index in [2.05, 4.69) is 20.0 Å². The lowest BCUT2D eigenvalue weighted by Crippen LogP contribution is -2.45. The Kier molecular flexibility index (Phi) is 6.06. The molecule has 166 valence electrons. The van der Waals surface area contributed by atoms with Crippen LogP contribution in [0.2, 0.25) is 0 Å². The molecular formula is C22H27FN4O4. The first kappa shape index (κ1) is 21.5. The minimum absolute atomic E-state index is 0.273. The minimum Gasteiger partial charge on any atom is -0.497 e. The van der Waals surface area contributed by atoms with Gasteiger partial charge in [-0.2, -0.15) is 4.98 Å². The number of fused-ring (bicyclic) bond motifs is 1. The fraction of sp³-hybridized carbons (Fsp3) is 0.500. The van der Waals surface area contributed by atoms with Crippen LogP contribution >= 0.6 is 0 Å². The van der Waals surface area contributed by atoms with E-state index in [1.54, 1.807) is 13.0 Å². The maximum atomic E-state index is 14.7. The molecule has 0 amide bonds. The predicted octanol–water partition coefficient (Wildman–Crippen LogP) is 4.11. The van der Waals surface area contributed by atoms with Crippen molar-refractivity contribution in [1.82, 2.24) is 15.1 Å². The molecule has 0 radical (unpaired) electrons. The van der Waals surface area contributed by atoms with Crippen molar-refractivity contribution in [2.45, 2.75) is 39.4 Å². The smallest absolute Gasteiger partial charge is 0.261 e. The Morgan fingerprint density at radius 1 is 1.06 bits per heavy atom. The zero-order valence-corrected chi connectivity index (χ0v) is 18.3. The number of hydrogen-bond donors (Lipinski definition) is 0. The van der Waals surface area contributed by atoms with Gasteiger partial charge in [-0.15, -0.1) is 0 Å². The second kappa shape index (κ2) is 8.76. The van der Waals surface area contributed by atoms with Crippen LogP contribution < -0.4 is 9.64 Å². The number of piperidine rings is 1. The van der Waals surface area contributed by atoms with E-state index in [9.17, 15) is 4.39 Å². The van der Waals surface area contributed by atoms with E-state index >= 15 is 0 Å². The van der Waals surface area contributed by atoms with Crippen LogP contribution in [0.4, 0.5) is 10.2 Å². The first-order chi connectivity index (χ1) is 15.1. The van der Waals surface area contributed by atoms with Gasteiger partial charge in [0.2, 0.25) is 0 Å². The molecule has 0 N–H and O–H groups in total. The fourth-order valence-electron chi connectivity index (χ4n) is 3.98. The topological polar surface area (TPSA) is 82.7 Å². The number of benzene rings is 1. The maximum absolute atomic E-state index is 14.7. The van der Waals surface area contributed by atoms with Crippen LogP contribution in [-0.2, 0) is 9.47 Å². The molecule has 1 aromatic carbocycles. The van der Waals surface area contributed by atoms with E-state index in [0.717, 1.165) is 0 Å². The second-order valence-corrected chi connectivity index (χ2v) is 7.28. The highest BCUT2D eigenvalue weighted by Gasteiger charge is 2.40. The van der Waals surface area contributed by atoms with Gasteiger partial charge in [-0.25, -0.2) is 9.37 Å². The molecule has 0 unspecified atom stereocenters. The first-order valence-corrected chi connectivity index (χ1v) is 10.6. The largest absolute Gasteiger partial charge is 0.497 e. The quantitative estimate of drug-likeness (QED) is 0.614. The van der Waals surface area contributed by atoms with Crippen LogP contribution in [-0.4, -0.2) is 54.3 Å². The van der Waals surface area contributed by atoms with E-state index in [4.69, 9.17) is 18.7 Å². The van der Waals surface area contributed by atoms with Gasteiger partial charge in [0.25, 0.3) is 5.89 Å². The number of hydrogen-bond acceptors (Lipinski definition) is 8. The zero-order valence-electron chi connectivity index (χ0n) is 18.3. The molecule has 3 aromatic rings. The molecule has 4 heterocycles. The van der Waals surface area contributed by atoms with Crippen molar-refractivity contribution >= 4 is 16.7 Å². The van der Waals surface area contributed by atoms with Gasteiger partial charge in [0, 0.05) is 37.4 Å². The average Bonchev–Trinajstić information content (AvgIpc) is 3.44. The Bertz CT molecular complexity index is 1060. The highest BCUT2D eigenvalue weighted by molar-refractivity contribution is 5.89. The van der Waals surface area contributed by atoms with Crippen LogP contribution in [0.1, 0.15) is 32.5 Å². The van der Waals surface area contributed by atoms with Gasteiger partial charge in [-0.1, -0.05) is 19.0 Å². The van der Waals surface area contributed by atoms with Gasteiger partial charge in [0.1, 0.15) is 17.1 Å². The van der Waals surface area contributed by atoms with Gasteiger partial charge in [0.05, 0.1) is 25.9 Å². The highest BCUT2D eigenvalue weighted by Crippen LogP contribution is 2.38. The van der Waals surface area contributed by atoms with Crippen LogP contribution in [0.15, 0.2) is 22.7 Å². The molecule has 2 fully saturated rings. The van der Waals surface area contributed by atoms with Gasteiger partial charge in [-0.3, -0.25) is 0 Å². The lowest BCUT2D eigenvalue weighted by atomic mass is 10.0. The van der Waals surface area contributed by atoms with Crippen LogP contribution in [0, 0.1) is 12.7 Å². The van der Waals surface area contributed by atoms with Crippen LogP contribution in [0.25, 0.3) is 22.4 Å². The average molecular weight is 430 g/mol. The first-order valence-electron chi connectivity index (χ1n) is 10.6. The zero-order chi connectivity index (χ0) is 22.0. The lowest BCUT2D eigenvalue weighted by molar-refractivity contribution is -0.169. The summed E-state index contributed by atoms with van der Waals surface area (Å²) in [5, 5.41) is 4.50. The summed E-state index contributed by atoms with van der Waals surface area (Å²) in [4.78, 5) is 11.1. The Morgan fingerprint density at radius 2 is 1.77 bits per heavy atom. The molecule has 0 saturated carbocycles. The summed E-state index contributed by atoms with van der Waals surface area (Å²) >= 11 is 0. The number of rotatable bonds is 3. The number of anilines is 1. The molecule has 31 heavy (non-hydrogen) atoms.